The summed E-state index contributed by atoms with van der Waals surface area (Å²) in [4.78, 5) is 22.7. The number of benzene rings is 3. The molecular weight excluding hydrogens is 568 g/mol. The number of aromatic nitrogens is 1. The maximum absolute atomic E-state index is 13.8. The monoisotopic (exact) mass is 596 g/mol. The van der Waals surface area contributed by atoms with Crippen molar-refractivity contribution in [2.24, 2.45) is 0 Å². The van der Waals surface area contributed by atoms with E-state index in [0.29, 0.717) is 46.4 Å². The highest BCUT2D eigenvalue weighted by Gasteiger charge is 2.31. The van der Waals surface area contributed by atoms with Crippen molar-refractivity contribution < 1.29 is 17.9 Å². The van der Waals surface area contributed by atoms with E-state index in [4.69, 9.17) is 21.3 Å². The molecule has 1 amide bonds. The summed E-state index contributed by atoms with van der Waals surface area (Å²) in [6.07, 6.45) is 1.44. The summed E-state index contributed by atoms with van der Waals surface area (Å²) >= 11 is 7.80. The van der Waals surface area contributed by atoms with Gasteiger partial charge in [0.15, 0.2) is 5.13 Å². The third-order valence-electron chi connectivity index (χ3n) is 7.33. The highest BCUT2D eigenvalue weighted by Crippen LogP contribution is 2.35. The average Bonchev–Trinajstić information content (AvgIpc) is 3.62. The van der Waals surface area contributed by atoms with Crippen LogP contribution in [0.25, 0.3) is 10.2 Å². The van der Waals surface area contributed by atoms with Crippen molar-refractivity contribution in [2.45, 2.75) is 17.7 Å². The molecule has 2 aliphatic rings. The van der Waals surface area contributed by atoms with Gasteiger partial charge in [-0.05, 0) is 60.9 Å². The number of rotatable bonds is 8. The second-order valence-electron chi connectivity index (χ2n) is 9.83. The fourth-order valence-corrected chi connectivity index (χ4v) is 7.98. The van der Waals surface area contributed by atoms with E-state index in [-0.39, 0.29) is 10.8 Å². The van der Waals surface area contributed by atoms with Gasteiger partial charge in [-0.2, -0.15) is 0 Å². The minimum Gasteiger partial charge on any atom is -0.379 e. The van der Waals surface area contributed by atoms with Crippen LogP contribution < -0.4 is 9.21 Å². The Bertz CT molecular complexity index is 1640. The van der Waals surface area contributed by atoms with Gasteiger partial charge in [0.05, 0.1) is 33.5 Å². The van der Waals surface area contributed by atoms with Crippen molar-refractivity contribution in [3.63, 3.8) is 0 Å². The van der Waals surface area contributed by atoms with Gasteiger partial charge in [0.1, 0.15) is 5.52 Å². The van der Waals surface area contributed by atoms with E-state index < -0.39 is 10.0 Å². The van der Waals surface area contributed by atoms with Crippen molar-refractivity contribution in [2.75, 3.05) is 55.1 Å². The molecule has 40 heavy (non-hydrogen) atoms. The van der Waals surface area contributed by atoms with Crippen molar-refractivity contribution in [1.29, 1.82) is 0 Å². The molecule has 1 fully saturated rings. The number of para-hydroxylation sites is 2. The first-order valence-corrected chi connectivity index (χ1v) is 15.9. The van der Waals surface area contributed by atoms with Gasteiger partial charge in [-0.15, -0.1) is 0 Å². The zero-order valence-electron chi connectivity index (χ0n) is 21.8. The zero-order valence-corrected chi connectivity index (χ0v) is 24.2. The summed E-state index contributed by atoms with van der Waals surface area (Å²) in [5.74, 6) is -0.229. The van der Waals surface area contributed by atoms with Crippen LogP contribution in [0.1, 0.15) is 22.3 Å². The molecule has 0 unspecified atom stereocenters. The van der Waals surface area contributed by atoms with Crippen LogP contribution in [0.3, 0.4) is 0 Å². The van der Waals surface area contributed by atoms with Crippen LogP contribution in [0.15, 0.2) is 71.6 Å². The molecule has 1 saturated heterocycles. The standard InChI is InChI=1S/C29H29ClN4O4S2/c30-24-6-3-8-26-27(24)31-29(39-26)33(15-4-14-32-17-19-38-20-18-32)28(35)22-9-11-23(12-10-22)40(36,37)34-16-13-21-5-1-2-7-25(21)34/h1-3,5-12H,4,13-20H2. The molecule has 3 heterocycles. The highest BCUT2D eigenvalue weighted by atomic mass is 35.5. The second kappa shape index (κ2) is 11.5. The first-order valence-electron chi connectivity index (χ1n) is 13.3. The summed E-state index contributed by atoms with van der Waals surface area (Å²) < 4.78 is 34.7. The van der Waals surface area contributed by atoms with Gasteiger partial charge in [-0.3, -0.25) is 18.9 Å². The lowest BCUT2D eigenvalue weighted by Gasteiger charge is -2.27. The van der Waals surface area contributed by atoms with Gasteiger partial charge >= 0.3 is 0 Å². The molecule has 3 aromatic carbocycles. The SMILES string of the molecule is O=C(c1ccc(S(=O)(=O)N2CCc3ccccc32)cc1)N(CCCN1CCOCC1)c1nc2c(Cl)cccc2s1. The van der Waals surface area contributed by atoms with Crippen LogP contribution in [0.4, 0.5) is 10.8 Å². The van der Waals surface area contributed by atoms with Gasteiger partial charge < -0.3 is 4.74 Å². The molecule has 0 atom stereocenters. The smallest absolute Gasteiger partial charge is 0.264 e. The molecule has 0 N–H and O–H groups in total. The number of amides is 1. The normalized spacial score (nSPS) is 15.9. The second-order valence-corrected chi connectivity index (χ2v) is 13.1. The summed E-state index contributed by atoms with van der Waals surface area (Å²) in [5.41, 5.74) is 2.80. The molecule has 0 saturated carbocycles. The lowest BCUT2D eigenvalue weighted by Crippen LogP contribution is -2.39. The van der Waals surface area contributed by atoms with Gasteiger partial charge in [0.25, 0.3) is 15.9 Å². The predicted octanol–water partition coefficient (Wildman–Crippen LogP) is 5.07. The van der Waals surface area contributed by atoms with E-state index in [0.717, 1.165) is 49.5 Å². The van der Waals surface area contributed by atoms with Crippen molar-refractivity contribution in [3.8, 4) is 0 Å². The highest BCUT2D eigenvalue weighted by molar-refractivity contribution is 7.92. The molecule has 1 aromatic heterocycles. The predicted molar refractivity (Wildman–Crippen MR) is 159 cm³/mol. The molecule has 0 aliphatic carbocycles. The lowest BCUT2D eigenvalue weighted by atomic mass is 10.2. The molecule has 2 aliphatic heterocycles. The number of sulfonamides is 1. The van der Waals surface area contributed by atoms with Crippen LogP contribution in [-0.2, 0) is 21.2 Å². The molecule has 6 rings (SSSR count). The van der Waals surface area contributed by atoms with Crippen molar-refractivity contribution in [1.82, 2.24) is 9.88 Å². The number of ether oxygens (including phenoxy) is 1. The fourth-order valence-electron chi connectivity index (χ4n) is 5.19. The number of hydrogen-bond acceptors (Lipinski definition) is 7. The number of carbonyl (C=O) groups excluding carboxylic acids is 1. The third-order valence-corrected chi connectivity index (χ3v) is 10.5. The van der Waals surface area contributed by atoms with Crippen molar-refractivity contribution >= 4 is 59.9 Å². The van der Waals surface area contributed by atoms with E-state index in [1.54, 1.807) is 23.1 Å². The molecule has 0 bridgehead atoms. The molecule has 0 radical (unpaired) electrons. The number of halogens is 1. The minimum atomic E-state index is -3.75. The Labute approximate surface area is 242 Å². The fraction of sp³-hybridized carbons (Fsp3) is 0.310. The van der Waals surface area contributed by atoms with E-state index in [1.807, 2.05) is 36.4 Å². The van der Waals surface area contributed by atoms with Crippen LogP contribution in [0, 0.1) is 0 Å². The number of morpholine rings is 1. The van der Waals surface area contributed by atoms with E-state index in [2.05, 4.69) is 4.90 Å². The largest absolute Gasteiger partial charge is 0.379 e. The Morgan fingerprint density at radius 2 is 1.77 bits per heavy atom. The van der Waals surface area contributed by atoms with Gasteiger partial charge in [0, 0.05) is 38.3 Å². The Hall–Kier alpha value is -3.02. The number of carbonyl (C=O) groups is 1. The maximum atomic E-state index is 13.8. The van der Waals surface area contributed by atoms with Crippen LogP contribution >= 0.6 is 22.9 Å². The molecule has 11 heteroatoms. The maximum Gasteiger partial charge on any atom is 0.264 e. The van der Waals surface area contributed by atoms with E-state index in [1.165, 1.54) is 27.8 Å². The Balaban J connectivity index is 1.25. The molecule has 208 valence electrons. The Kier molecular flexibility index (Phi) is 7.78. The quantitative estimate of drug-likeness (QED) is 0.282. The molecule has 4 aromatic rings. The molecular formula is C29H29ClN4O4S2. The first-order chi connectivity index (χ1) is 19.4. The van der Waals surface area contributed by atoms with Gasteiger partial charge in [-0.1, -0.05) is 47.2 Å². The van der Waals surface area contributed by atoms with E-state index in [9.17, 15) is 13.2 Å². The minimum absolute atomic E-state index is 0.159. The number of nitrogens with zero attached hydrogens (tertiary/aromatic N) is 4. The van der Waals surface area contributed by atoms with Gasteiger partial charge in [0.2, 0.25) is 0 Å². The van der Waals surface area contributed by atoms with Crippen LogP contribution in [0.2, 0.25) is 5.02 Å². The topological polar surface area (TPSA) is 83.1 Å². The summed E-state index contributed by atoms with van der Waals surface area (Å²) in [5, 5.41) is 1.11. The summed E-state index contributed by atoms with van der Waals surface area (Å²) in [6, 6.07) is 19.4. The Morgan fingerprint density at radius 3 is 2.55 bits per heavy atom. The summed E-state index contributed by atoms with van der Waals surface area (Å²) in [6.45, 7) is 4.91. The van der Waals surface area contributed by atoms with Crippen LogP contribution in [0.5, 0.6) is 0 Å². The number of hydrogen-bond donors (Lipinski definition) is 0. The molecule has 0 spiro atoms. The summed E-state index contributed by atoms with van der Waals surface area (Å²) in [7, 11) is -3.75. The lowest BCUT2D eigenvalue weighted by molar-refractivity contribution is 0.0376. The van der Waals surface area contributed by atoms with Crippen molar-refractivity contribution in [3.05, 3.63) is 82.9 Å². The third kappa shape index (κ3) is 5.34. The van der Waals surface area contributed by atoms with E-state index >= 15 is 0 Å². The molecule has 8 nitrogen and oxygen atoms in total. The number of fused-ring (bicyclic) bond motifs is 2. The zero-order chi connectivity index (χ0) is 27.7. The number of thiazole rings is 1. The Morgan fingerprint density at radius 1 is 1.00 bits per heavy atom. The van der Waals surface area contributed by atoms with Gasteiger partial charge in [-0.25, -0.2) is 13.4 Å². The first kappa shape index (κ1) is 27.2. The average molecular weight is 597 g/mol. The number of anilines is 2. The van der Waals surface area contributed by atoms with Crippen LogP contribution in [-0.4, -0.2) is 70.1 Å².